The van der Waals surface area contributed by atoms with Crippen molar-refractivity contribution in [2.24, 2.45) is 5.73 Å². The molecule has 1 fully saturated rings. The molecule has 0 radical (unpaired) electrons. The summed E-state index contributed by atoms with van der Waals surface area (Å²) in [4.78, 5) is 62.1. The maximum atomic E-state index is 13.1. The number of amides is 3. The SMILES string of the molecule is CC(O)C(N)C(=O)N1CCCC1C(=O)NC(Cc1ccccc1)C(=O)NC(CC(=O)O)C(=O)O. The summed E-state index contributed by atoms with van der Waals surface area (Å²) in [6.07, 6.45) is -1.11. The van der Waals surface area contributed by atoms with Crippen molar-refractivity contribution in [3.63, 3.8) is 0 Å². The van der Waals surface area contributed by atoms with Crippen molar-refractivity contribution in [1.82, 2.24) is 15.5 Å². The van der Waals surface area contributed by atoms with E-state index in [1.54, 1.807) is 30.3 Å². The number of carboxylic acid groups (broad SMARTS) is 2. The van der Waals surface area contributed by atoms with Gasteiger partial charge < -0.3 is 36.6 Å². The molecule has 1 aromatic rings. The predicted octanol–water partition coefficient (Wildman–Crippen LogP) is -1.54. The molecule has 2 rings (SSSR count). The van der Waals surface area contributed by atoms with Crippen molar-refractivity contribution in [3.8, 4) is 0 Å². The first-order chi connectivity index (χ1) is 16.0. The number of nitrogens with two attached hydrogens (primary N) is 1. The summed E-state index contributed by atoms with van der Waals surface area (Å²) in [5, 5.41) is 32.5. The van der Waals surface area contributed by atoms with Gasteiger partial charge in [0.2, 0.25) is 17.7 Å². The maximum Gasteiger partial charge on any atom is 0.326 e. The Bertz CT molecular complexity index is 907. The number of carbonyl (C=O) groups excluding carboxylic acids is 3. The molecule has 1 aliphatic rings. The summed E-state index contributed by atoms with van der Waals surface area (Å²) >= 11 is 0. The number of carboxylic acids is 2. The van der Waals surface area contributed by atoms with Gasteiger partial charge in [0.05, 0.1) is 12.5 Å². The number of carbonyl (C=O) groups is 5. The van der Waals surface area contributed by atoms with E-state index in [1.807, 2.05) is 0 Å². The van der Waals surface area contributed by atoms with Gasteiger partial charge in [0.15, 0.2) is 0 Å². The van der Waals surface area contributed by atoms with Gasteiger partial charge >= 0.3 is 11.9 Å². The number of aliphatic carboxylic acids is 2. The molecule has 5 unspecified atom stereocenters. The largest absolute Gasteiger partial charge is 0.481 e. The fourth-order valence-corrected chi connectivity index (χ4v) is 3.67. The fraction of sp³-hybridized carbons (Fsp3) is 0.500. The van der Waals surface area contributed by atoms with E-state index in [0.717, 1.165) is 0 Å². The molecule has 12 nitrogen and oxygen atoms in total. The van der Waals surface area contributed by atoms with E-state index in [2.05, 4.69) is 10.6 Å². The van der Waals surface area contributed by atoms with Gasteiger partial charge in [-0.15, -0.1) is 0 Å². The number of aliphatic hydroxyl groups is 1. The third-order valence-corrected chi connectivity index (χ3v) is 5.55. The highest BCUT2D eigenvalue weighted by Crippen LogP contribution is 2.19. The van der Waals surface area contributed by atoms with Crippen LogP contribution in [-0.4, -0.2) is 86.7 Å². The molecule has 0 aromatic heterocycles. The molecule has 0 aliphatic carbocycles. The van der Waals surface area contributed by atoms with Crippen molar-refractivity contribution in [2.75, 3.05) is 6.54 Å². The van der Waals surface area contributed by atoms with Crippen molar-refractivity contribution in [1.29, 1.82) is 0 Å². The minimum atomic E-state index is -1.69. The molecule has 0 spiro atoms. The van der Waals surface area contributed by atoms with Gasteiger partial charge in [0.25, 0.3) is 0 Å². The molecule has 0 bridgehead atoms. The molecule has 5 atom stereocenters. The molecule has 1 aliphatic heterocycles. The molecular formula is C22H30N4O8. The second-order valence-corrected chi connectivity index (χ2v) is 8.20. The Morgan fingerprint density at radius 1 is 1.09 bits per heavy atom. The zero-order valence-electron chi connectivity index (χ0n) is 18.7. The Labute approximate surface area is 196 Å². The first-order valence-corrected chi connectivity index (χ1v) is 10.8. The number of nitrogens with one attached hydrogen (secondary N) is 2. The van der Waals surface area contributed by atoms with E-state index in [1.165, 1.54) is 11.8 Å². The highest BCUT2D eigenvalue weighted by atomic mass is 16.4. The third kappa shape index (κ3) is 7.25. The first-order valence-electron chi connectivity index (χ1n) is 10.8. The van der Waals surface area contributed by atoms with Crippen LogP contribution in [0.1, 0.15) is 31.7 Å². The molecular weight excluding hydrogens is 448 g/mol. The zero-order chi connectivity index (χ0) is 25.4. The van der Waals surface area contributed by atoms with Crippen LogP contribution in [-0.2, 0) is 30.4 Å². The monoisotopic (exact) mass is 478 g/mol. The van der Waals surface area contributed by atoms with Gasteiger partial charge in [-0.05, 0) is 25.3 Å². The Kier molecular flexibility index (Phi) is 9.51. The number of likely N-dealkylation sites (tertiary alicyclic amines) is 1. The number of rotatable bonds is 11. The van der Waals surface area contributed by atoms with Crippen LogP contribution in [0.4, 0.5) is 0 Å². The topological polar surface area (TPSA) is 199 Å². The summed E-state index contributed by atoms with van der Waals surface area (Å²) in [5.74, 6) is -5.04. The standard InChI is InChI=1S/C22H30N4O8/c1-12(27)18(23)21(32)26-9-5-8-16(26)20(31)24-14(10-13-6-3-2-4-7-13)19(30)25-15(22(33)34)11-17(28)29/h2-4,6-7,12,14-16,18,27H,5,8-11,23H2,1H3,(H,24,31)(H,25,30)(H,28,29)(H,33,34). The molecule has 186 valence electrons. The Morgan fingerprint density at radius 3 is 2.29 bits per heavy atom. The predicted molar refractivity (Wildman–Crippen MR) is 118 cm³/mol. The van der Waals surface area contributed by atoms with Crippen molar-refractivity contribution in [2.45, 2.75) is 62.9 Å². The molecule has 0 saturated carbocycles. The molecule has 34 heavy (non-hydrogen) atoms. The van der Waals surface area contributed by atoms with Gasteiger partial charge in [0.1, 0.15) is 24.2 Å². The maximum absolute atomic E-state index is 13.1. The van der Waals surface area contributed by atoms with Crippen LogP contribution >= 0.6 is 0 Å². The van der Waals surface area contributed by atoms with Crippen LogP contribution in [0, 0.1) is 0 Å². The van der Waals surface area contributed by atoms with Gasteiger partial charge in [0, 0.05) is 13.0 Å². The van der Waals surface area contributed by atoms with Gasteiger partial charge in [-0.3, -0.25) is 19.2 Å². The average molecular weight is 479 g/mol. The second-order valence-electron chi connectivity index (χ2n) is 8.20. The van der Waals surface area contributed by atoms with Crippen molar-refractivity contribution >= 4 is 29.7 Å². The number of hydrogen-bond donors (Lipinski definition) is 6. The van der Waals surface area contributed by atoms with E-state index < -0.39 is 66.4 Å². The summed E-state index contributed by atoms with van der Waals surface area (Å²) in [7, 11) is 0. The van der Waals surface area contributed by atoms with Crippen LogP contribution < -0.4 is 16.4 Å². The quantitative estimate of drug-likeness (QED) is 0.218. The molecule has 1 aromatic carbocycles. The average Bonchev–Trinajstić information content (AvgIpc) is 3.27. The lowest BCUT2D eigenvalue weighted by Crippen LogP contribution is -2.58. The van der Waals surface area contributed by atoms with Gasteiger partial charge in [-0.2, -0.15) is 0 Å². The summed E-state index contributed by atoms with van der Waals surface area (Å²) in [6, 6.07) is 3.61. The Hall–Kier alpha value is -3.51. The minimum absolute atomic E-state index is 0.00563. The van der Waals surface area contributed by atoms with Crippen molar-refractivity contribution in [3.05, 3.63) is 35.9 Å². The van der Waals surface area contributed by atoms with Gasteiger partial charge in [-0.25, -0.2) is 4.79 Å². The highest BCUT2D eigenvalue weighted by molar-refractivity contribution is 5.95. The zero-order valence-corrected chi connectivity index (χ0v) is 18.7. The minimum Gasteiger partial charge on any atom is -0.481 e. The van der Waals surface area contributed by atoms with Crippen LogP contribution in [0.2, 0.25) is 0 Å². The first kappa shape index (κ1) is 26.7. The number of aliphatic hydroxyl groups excluding tert-OH is 1. The number of hydrogen-bond acceptors (Lipinski definition) is 7. The van der Waals surface area contributed by atoms with E-state index in [9.17, 15) is 34.2 Å². The van der Waals surface area contributed by atoms with Crippen LogP contribution in [0.5, 0.6) is 0 Å². The lowest BCUT2D eigenvalue weighted by Gasteiger charge is -2.29. The normalized spacial score (nSPS) is 18.9. The van der Waals surface area contributed by atoms with E-state index in [-0.39, 0.29) is 13.0 Å². The number of benzene rings is 1. The fourth-order valence-electron chi connectivity index (χ4n) is 3.67. The Morgan fingerprint density at radius 2 is 1.74 bits per heavy atom. The molecule has 7 N–H and O–H groups in total. The van der Waals surface area contributed by atoms with Gasteiger partial charge in [-0.1, -0.05) is 30.3 Å². The lowest BCUT2D eigenvalue weighted by molar-refractivity contribution is -0.147. The summed E-state index contributed by atoms with van der Waals surface area (Å²) in [6.45, 7) is 1.62. The molecule has 1 saturated heterocycles. The van der Waals surface area contributed by atoms with Crippen molar-refractivity contribution < 1.29 is 39.3 Å². The number of nitrogens with zero attached hydrogens (tertiary/aromatic N) is 1. The van der Waals surface area contributed by atoms with E-state index >= 15 is 0 Å². The summed E-state index contributed by atoms with van der Waals surface area (Å²) < 4.78 is 0. The third-order valence-electron chi connectivity index (χ3n) is 5.55. The lowest BCUT2D eigenvalue weighted by atomic mass is 10.0. The molecule has 12 heteroatoms. The van der Waals surface area contributed by atoms with E-state index in [0.29, 0.717) is 18.4 Å². The second kappa shape index (κ2) is 12.1. The van der Waals surface area contributed by atoms with Crippen LogP contribution in [0.3, 0.4) is 0 Å². The molecule has 3 amide bonds. The summed E-state index contributed by atoms with van der Waals surface area (Å²) in [5.41, 5.74) is 6.41. The Balaban J connectivity index is 2.21. The molecule has 1 heterocycles. The van der Waals surface area contributed by atoms with E-state index in [4.69, 9.17) is 10.8 Å². The smallest absolute Gasteiger partial charge is 0.326 e. The highest BCUT2D eigenvalue weighted by Gasteiger charge is 2.39. The van der Waals surface area contributed by atoms with Crippen LogP contribution in [0.25, 0.3) is 0 Å². The van der Waals surface area contributed by atoms with Crippen LogP contribution in [0.15, 0.2) is 30.3 Å².